The number of hydrogen-bond acceptors (Lipinski definition) is 6. The maximum absolute atomic E-state index is 5.48. The molecule has 0 aliphatic heterocycles. The van der Waals surface area contributed by atoms with Gasteiger partial charge < -0.3 is 19.7 Å². The monoisotopic (exact) mass is 215 g/mol. The molecule has 0 amide bonds. The summed E-state index contributed by atoms with van der Waals surface area (Å²) in [7, 11) is 1.61. The predicted molar refractivity (Wildman–Crippen MR) is 53.2 cm³/mol. The lowest BCUT2D eigenvalue weighted by Crippen LogP contribution is -2.24. The molecule has 0 saturated carbocycles. The SMILES string of the molecule is CCOCc1noc(CC(CN)OC)n1. The van der Waals surface area contributed by atoms with Crippen molar-refractivity contribution in [3.8, 4) is 0 Å². The van der Waals surface area contributed by atoms with Crippen molar-refractivity contribution >= 4 is 0 Å². The first kappa shape index (κ1) is 12.1. The van der Waals surface area contributed by atoms with Crippen LogP contribution < -0.4 is 5.73 Å². The first-order chi connectivity index (χ1) is 7.30. The van der Waals surface area contributed by atoms with Gasteiger partial charge in [-0.25, -0.2) is 0 Å². The van der Waals surface area contributed by atoms with Crippen LogP contribution in [0.1, 0.15) is 18.6 Å². The standard InChI is InChI=1S/C9H17N3O3/c1-3-14-6-8-11-9(15-12-8)4-7(5-10)13-2/h7H,3-6,10H2,1-2H3. The van der Waals surface area contributed by atoms with Crippen molar-refractivity contribution in [3.05, 3.63) is 11.7 Å². The summed E-state index contributed by atoms with van der Waals surface area (Å²) in [5, 5.41) is 3.77. The van der Waals surface area contributed by atoms with E-state index in [1.54, 1.807) is 7.11 Å². The molecule has 15 heavy (non-hydrogen) atoms. The Morgan fingerprint density at radius 1 is 1.53 bits per heavy atom. The molecular weight excluding hydrogens is 198 g/mol. The highest BCUT2D eigenvalue weighted by molar-refractivity contribution is 4.87. The number of methoxy groups -OCH3 is 1. The van der Waals surface area contributed by atoms with Crippen LogP contribution in [-0.4, -0.2) is 36.5 Å². The van der Waals surface area contributed by atoms with Gasteiger partial charge in [0.15, 0.2) is 5.82 Å². The Labute approximate surface area is 88.7 Å². The van der Waals surface area contributed by atoms with Crippen LogP contribution >= 0.6 is 0 Å². The van der Waals surface area contributed by atoms with Crippen molar-refractivity contribution < 1.29 is 14.0 Å². The molecule has 0 spiro atoms. The zero-order valence-electron chi connectivity index (χ0n) is 9.10. The minimum Gasteiger partial charge on any atom is -0.380 e. The molecule has 0 aromatic carbocycles. The van der Waals surface area contributed by atoms with Gasteiger partial charge in [-0.05, 0) is 6.92 Å². The van der Waals surface area contributed by atoms with Crippen LogP contribution in [0, 0.1) is 0 Å². The highest BCUT2D eigenvalue weighted by Crippen LogP contribution is 2.03. The molecule has 1 aromatic heterocycles. The summed E-state index contributed by atoms with van der Waals surface area (Å²) in [5.41, 5.74) is 5.48. The fourth-order valence-corrected chi connectivity index (χ4v) is 1.08. The topological polar surface area (TPSA) is 83.4 Å². The second kappa shape index (κ2) is 6.49. The van der Waals surface area contributed by atoms with Gasteiger partial charge in [-0.1, -0.05) is 5.16 Å². The maximum Gasteiger partial charge on any atom is 0.229 e. The van der Waals surface area contributed by atoms with Crippen LogP contribution in [0.5, 0.6) is 0 Å². The summed E-state index contributed by atoms with van der Waals surface area (Å²) in [5.74, 6) is 1.08. The number of aromatic nitrogens is 2. The molecule has 1 atom stereocenters. The van der Waals surface area contributed by atoms with Crippen molar-refractivity contribution in [1.29, 1.82) is 0 Å². The molecule has 0 fully saturated rings. The third kappa shape index (κ3) is 3.94. The van der Waals surface area contributed by atoms with E-state index in [1.807, 2.05) is 6.92 Å². The largest absolute Gasteiger partial charge is 0.380 e. The van der Waals surface area contributed by atoms with E-state index in [4.69, 9.17) is 19.7 Å². The van der Waals surface area contributed by atoms with Gasteiger partial charge in [-0.3, -0.25) is 0 Å². The second-order valence-corrected chi connectivity index (χ2v) is 3.04. The Morgan fingerprint density at radius 2 is 2.33 bits per heavy atom. The molecule has 0 radical (unpaired) electrons. The lowest BCUT2D eigenvalue weighted by molar-refractivity contribution is 0.102. The summed E-state index contributed by atoms with van der Waals surface area (Å²) in [4.78, 5) is 4.15. The smallest absolute Gasteiger partial charge is 0.229 e. The van der Waals surface area contributed by atoms with E-state index in [1.165, 1.54) is 0 Å². The van der Waals surface area contributed by atoms with Crippen molar-refractivity contribution in [1.82, 2.24) is 10.1 Å². The van der Waals surface area contributed by atoms with Crippen molar-refractivity contribution in [3.63, 3.8) is 0 Å². The summed E-state index contributed by atoms with van der Waals surface area (Å²) >= 11 is 0. The molecule has 1 rings (SSSR count). The molecule has 1 heterocycles. The highest BCUT2D eigenvalue weighted by Gasteiger charge is 2.12. The molecule has 6 heteroatoms. The number of nitrogens with zero attached hydrogens (tertiary/aromatic N) is 2. The minimum atomic E-state index is -0.0783. The van der Waals surface area contributed by atoms with E-state index in [0.29, 0.717) is 37.9 Å². The van der Waals surface area contributed by atoms with Crippen molar-refractivity contribution in [2.24, 2.45) is 5.73 Å². The summed E-state index contributed by atoms with van der Waals surface area (Å²) in [6.07, 6.45) is 0.456. The van der Waals surface area contributed by atoms with Crippen LogP contribution in [0.15, 0.2) is 4.52 Å². The first-order valence-corrected chi connectivity index (χ1v) is 4.92. The van der Waals surface area contributed by atoms with Gasteiger partial charge in [0.2, 0.25) is 5.89 Å². The molecule has 0 bridgehead atoms. The Kier molecular flexibility index (Phi) is 5.23. The highest BCUT2D eigenvalue weighted by atomic mass is 16.5. The molecular formula is C9H17N3O3. The zero-order valence-corrected chi connectivity index (χ0v) is 9.10. The third-order valence-electron chi connectivity index (χ3n) is 1.94. The molecule has 1 unspecified atom stereocenters. The van der Waals surface area contributed by atoms with Crippen LogP contribution in [0.25, 0.3) is 0 Å². The van der Waals surface area contributed by atoms with E-state index in [9.17, 15) is 0 Å². The fourth-order valence-electron chi connectivity index (χ4n) is 1.08. The summed E-state index contributed by atoms with van der Waals surface area (Å²) in [6.45, 7) is 3.35. The summed E-state index contributed by atoms with van der Waals surface area (Å²) < 4.78 is 15.3. The zero-order chi connectivity index (χ0) is 11.1. The van der Waals surface area contributed by atoms with Gasteiger partial charge in [0.1, 0.15) is 6.61 Å². The number of rotatable bonds is 7. The van der Waals surface area contributed by atoms with Gasteiger partial charge in [0, 0.05) is 20.3 Å². The Bertz CT molecular complexity index is 273. The minimum absolute atomic E-state index is 0.0783. The van der Waals surface area contributed by atoms with Gasteiger partial charge in [-0.2, -0.15) is 4.98 Å². The third-order valence-corrected chi connectivity index (χ3v) is 1.94. The van der Waals surface area contributed by atoms with Crippen LogP contribution in [-0.2, 0) is 22.5 Å². The normalized spacial score (nSPS) is 13.0. The predicted octanol–water partition coefficient (Wildman–Crippen LogP) is 0.122. The molecule has 0 aliphatic carbocycles. The van der Waals surface area contributed by atoms with E-state index in [2.05, 4.69) is 10.1 Å². The lowest BCUT2D eigenvalue weighted by atomic mass is 10.2. The fraction of sp³-hybridized carbons (Fsp3) is 0.778. The Hall–Kier alpha value is -0.980. The van der Waals surface area contributed by atoms with E-state index >= 15 is 0 Å². The van der Waals surface area contributed by atoms with Gasteiger partial charge in [0.25, 0.3) is 0 Å². The van der Waals surface area contributed by atoms with Crippen LogP contribution in [0.3, 0.4) is 0 Å². The van der Waals surface area contributed by atoms with Gasteiger partial charge >= 0.3 is 0 Å². The van der Waals surface area contributed by atoms with E-state index in [-0.39, 0.29) is 6.10 Å². The first-order valence-electron chi connectivity index (χ1n) is 4.92. The molecule has 0 saturated heterocycles. The average molecular weight is 215 g/mol. The average Bonchev–Trinajstić information content (AvgIpc) is 2.70. The van der Waals surface area contributed by atoms with Crippen molar-refractivity contribution in [2.75, 3.05) is 20.3 Å². The second-order valence-electron chi connectivity index (χ2n) is 3.04. The van der Waals surface area contributed by atoms with Gasteiger partial charge in [-0.15, -0.1) is 0 Å². The van der Waals surface area contributed by atoms with E-state index < -0.39 is 0 Å². The van der Waals surface area contributed by atoms with Crippen molar-refractivity contribution in [2.45, 2.75) is 26.1 Å². The van der Waals surface area contributed by atoms with Crippen LogP contribution in [0.4, 0.5) is 0 Å². The number of nitrogens with two attached hydrogens (primary N) is 1. The molecule has 6 nitrogen and oxygen atoms in total. The Morgan fingerprint density at radius 3 is 2.93 bits per heavy atom. The van der Waals surface area contributed by atoms with E-state index in [0.717, 1.165) is 0 Å². The number of hydrogen-bond donors (Lipinski definition) is 1. The Balaban J connectivity index is 2.44. The molecule has 86 valence electrons. The molecule has 0 aliphatic rings. The maximum atomic E-state index is 5.48. The summed E-state index contributed by atoms with van der Waals surface area (Å²) in [6, 6.07) is 0. The lowest BCUT2D eigenvalue weighted by Gasteiger charge is -2.08. The van der Waals surface area contributed by atoms with Gasteiger partial charge in [0.05, 0.1) is 12.5 Å². The van der Waals surface area contributed by atoms with Crippen LogP contribution in [0.2, 0.25) is 0 Å². The number of ether oxygens (including phenoxy) is 2. The molecule has 1 aromatic rings. The quantitative estimate of drug-likeness (QED) is 0.695. The molecule has 2 N–H and O–H groups in total.